The number of hydrogen-bond donors (Lipinski definition) is 10. The lowest BCUT2D eigenvalue weighted by atomic mass is 9.95. The number of halogens is 4. The molecular weight excluding hydrogens is 1190 g/mol. The maximum absolute atomic E-state index is 15.7. The van der Waals surface area contributed by atoms with E-state index >= 15 is 4.39 Å². The smallest absolute Gasteiger partial charge is 0.416 e. The SMILES string of the molecule is Cc1ccc(NC(=O)Nc2cc(C(F)(F)F)cc(OCCOCCOCCOCCN(N)/C3=C(\N)c4ccccc4CN(C(=O)CCC(=O)NCCCCCCOP(O)(O)=S)c4ccccc43)c2F)cc1Nc1ccc2c(c1)NC(=O)/C2=C\c1ccc[nH]1. The number of H-pyrrole nitrogens is 1. The first-order valence-electron chi connectivity index (χ1n) is 28.2. The van der Waals surface area contributed by atoms with Crippen LogP contribution in [0.3, 0.4) is 0 Å². The number of amides is 5. The number of fused-ring (bicyclic) bond motifs is 3. The minimum absolute atomic E-state index is 0.0284. The summed E-state index contributed by atoms with van der Waals surface area (Å²) in [6.07, 6.45) is 1.33. The molecular formula is C61H69F4N10O11PS. The van der Waals surface area contributed by atoms with Gasteiger partial charge < -0.3 is 80.5 Å². The molecule has 0 spiro atoms. The summed E-state index contributed by atoms with van der Waals surface area (Å²) in [4.78, 5) is 75.7. The molecule has 5 amide bonds. The standard InChI is InChI=1S/C61H69F4N10O11PS/c1-39-16-17-44(36-49(39)70-43-18-19-46-48(35-42-12-10-23-68-42)59(78)72-50(46)37-43)71-60(79)73-51-33-41(61(63,64)65)34-53(56(51)62)85-32-31-84-30-29-83-28-27-82-26-24-75(67)58-47-14-6-7-15-52(47)74(38-40-11-4-5-13-45(40)57(58)66)55(77)21-20-54(76)69-22-8-2-3-9-25-86-87(80,81)88/h4-7,10-19,23,33-37,68,70H,2-3,8-9,20-22,24-32,38,66-67H2,1H3,(H,69,76)(H,72,78)(H2,71,73,79)(H2,80,81,88)/b48-35-,58-57-. The van der Waals surface area contributed by atoms with E-state index < -0.39 is 41.7 Å². The number of rotatable bonds is 30. The van der Waals surface area contributed by atoms with E-state index in [0.29, 0.717) is 87.9 Å². The number of carbonyl (C=O) groups is 4. The Morgan fingerprint density at radius 3 is 2.23 bits per heavy atom. The van der Waals surface area contributed by atoms with Crippen LogP contribution in [0.1, 0.15) is 77.6 Å². The highest BCUT2D eigenvalue weighted by molar-refractivity contribution is 8.06. The van der Waals surface area contributed by atoms with Gasteiger partial charge in [0.25, 0.3) is 5.91 Å². The molecule has 8 rings (SSSR count). The Morgan fingerprint density at radius 1 is 0.784 bits per heavy atom. The van der Waals surface area contributed by atoms with Gasteiger partial charge in [-0.15, -0.1) is 0 Å². The van der Waals surface area contributed by atoms with E-state index in [1.165, 1.54) is 5.01 Å². The van der Waals surface area contributed by atoms with Crippen LogP contribution in [0.15, 0.2) is 115 Å². The number of ether oxygens (including phenoxy) is 4. The van der Waals surface area contributed by atoms with Gasteiger partial charge >= 0.3 is 18.9 Å². The number of para-hydroxylation sites is 1. The summed E-state index contributed by atoms with van der Waals surface area (Å²) in [5.41, 5.74) is 13.1. The first-order chi connectivity index (χ1) is 42.2. The second-order valence-electron chi connectivity index (χ2n) is 20.3. The van der Waals surface area contributed by atoms with Crippen molar-refractivity contribution >= 4 is 99.4 Å². The topological polar surface area (TPSA) is 289 Å². The zero-order valence-corrected chi connectivity index (χ0v) is 49.8. The summed E-state index contributed by atoms with van der Waals surface area (Å²) in [6.45, 7) is -0.721. The average Bonchev–Trinajstić information content (AvgIpc) is 3.06. The molecule has 0 saturated carbocycles. The summed E-state index contributed by atoms with van der Waals surface area (Å²) in [7, 11) is 0. The first-order valence-corrected chi connectivity index (χ1v) is 30.8. The fraction of sp³-hybridized carbons (Fsp3) is 0.311. The van der Waals surface area contributed by atoms with Gasteiger partial charge in [0.15, 0.2) is 11.6 Å². The molecule has 12 N–H and O–H groups in total. The van der Waals surface area contributed by atoms with Crippen LogP contribution >= 0.6 is 6.72 Å². The third-order valence-corrected chi connectivity index (χ3v) is 14.8. The van der Waals surface area contributed by atoms with Crippen molar-refractivity contribution < 1.29 is 70.0 Å². The molecule has 27 heteroatoms. The molecule has 5 aromatic carbocycles. The fourth-order valence-corrected chi connectivity index (χ4v) is 10.2. The van der Waals surface area contributed by atoms with Gasteiger partial charge in [0.1, 0.15) is 6.61 Å². The molecule has 6 aromatic rings. The summed E-state index contributed by atoms with van der Waals surface area (Å²) < 4.78 is 84.9. The van der Waals surface area contributed by atoms with E-state index in [0.717, 1.165) is 29.7 Å². The largest absolute Gasteiger partial charge is 0.488 e. The number of nitrogens with one attached hydrogen (secondary N) is 6. The van der Waals surface area contributed by atoms with Crippen LogP contribution in [0.25, 0.3) is 23.0 Å². The number of aromatic amines is 1. The van der Waals surface area contributed by atoms with Crippen molar-refractivity contribution in [1.82, 2.24) is 15.3 Å². The predicted octanol–water partition coefficient (Wildman–Crippen LogP) is 9.98. The quantitative estimate of drug-likeness (QED) is 0.00501. The van der Waals surface area contributed by atoms with Crippen molar-refractivity contribution in [2.75, 3.05) is 92.1 Å². The summed E-state index contributed by atoms with van der Waals surface area (Å²) in [6, 6.07) is 28.5. The summed E-state index contributed by atoms with van der Waals surface area (Å²) in [5.74, 6) is 3.94. The lowest BCUT2D eigenvalue weighted by Crippen LogP contribution is -2.38. The average molecular weight is 1260 g/mol. The van der Waals surface area contributed by atoms with Gasteiger partial charge in [0, 0.05) is 65.0 Å². The molecule has 0 aliphatic carbocycles. The Bertz CT molecular complexity index is 3550. The number of nitrogens with two attached hydrogens (primary N) is 2. The number of hydrazine groups is 1. The van der Waals surface area contributed by atoms with E-state index in [4.69, 9.17) is 44.8 Å². The highest BCUT2D eigenvalue weighted by atomic mass is 32.5. The van der Waals surface area contributed by atoms with Gasteiger partial charge in [0.05, 0.1) is 98.9 Å². The highest BCUT2D eigenvalue weighted by Crippen LogP contribution is 2.40. The second kappa shape index (κ2) is 31.1. The molecule has 0 fully saturated rings. The van der Waals surface area contributed by atoms with Crippen LogP contribution in [-0.2, 0) is 57.6 Å². The number of nitrogens with zero attached hydrogens (tertiary/aromatic N) is 2. The Kier molecular flexibility index (Phi) is 23.3. The molecule has 0 saturated heterocycles. The molecule has 88 heavy (non-hydrogen) atoms. The van der Waals surface area contributed by atoms with Crippen molar-refractivity contribution in [3.63, 3.8) is 0 Å². The zero-order valence-electron chi connectivity index (χ0n) is 48.1. The van der Waals surface area contributed by atoms with E-state index in [1.54, 1.807) is 65.7 Å². The molecule has 21 nitrogen and oxygen atoms in total. The van der Waals surface area contributed by atoms with Gasteiger partial charge in [-0.25, -0.2) is 15.0 Å². The highest BCUT2D eigenvalue weighted by Gasteiger charge is 2.34. The second-order valence-corrected chi connectivity index (χ2v) is 23.0. The Morgan fingerprint density at radius 2 is 1.49 bits per heavy atom. The molecule has 1 aromatic heterocycles. The zero-order chi connectivity index (χ0) is 62.8. The van der Waals surface area contributed by atoms with Gasteiger partial charge in [-0.05, 0) is 103 Å². The Labute approximate surface area is 510 Å². The van der Waals surface area contributed by atoms with Crippen LogP contribution in [0.5, 0.6) is 5.75 Å². The van der Waals surface area contributed by atoms with Crippen molar-refractivity contribution in [2.45, 2.75) is 58.2 Å². The van der Waals surface area contributed by atoms with Crippen LogP contribution < -0.4 is 47.8 Å². The first kappa shape index (κ1) is 65.8. The number of anilines is 6. The van der Waals surface area contributed by atoms with Gasteiger partial charge in [-0.1, -0.05) is 67.4 Å². The number of hydrogen-bond acceptors (Lipinski definition) is 14. The number of aryl methyl sites for hydroxylation is 1. The number of aromatic nitrogens is 1. The lowest BCUT2D eigenvalue weighted by molar-refractivity contribution is -0.137. The van der Waals surface area contributed by atoms with Crippen molar-refractivity contribution in [2.24, 2.45) is 11.6 Å². The van der Waals surface area contributed by atoms with Crippen LogP contribution in [0.2, 0.25) is 0 Å². The third-order valence-electron chi connectivity index (χ3n) is 14.0. The number of benzene rings is 5. The van der Waals surface area contributed by atoms with E-state index in [1.807, 2.05) is 55.5 Å². The molecule has 0 atom stereocenters. The van der Waals surface area contributed by atoms with Crippen molar-refractivity contribution in [1.29, 1.82) is 0 Å². The molecule has 468 valence electrons. The molecule has 0 radical (unpaired) electrons. The maximum atomic E-state index is 15.7. The fourth-order valence-electron chi connectivity index (χ4n) is 9.59. The Balaban J connectivity index is 0.754. The number of unbranched alkanes of at least 4 members (excludes halogenated alkanes) is 3. The lowest BCUT2D eigenvalue weighted by Gasteiger charge is -2.33. The summed E-state index contributed by atoms with van der Waals surface area (Å²) >= 11 is 4.44. The number of carbonyl (C=O) groups excluding carboxylic acids is 4. The summed E-state index contributed by atoms with van der Waals surface area (Å²) in [5, 5.41) is 15.2. The van der Waals surface area contributed by atoms with Crippen LogP contribution in [0, 0.1) is 12.7 Å². The van der Waals surface area contributed by atoms with Crippen LogP contribution in [-0.4, -0.2) is 109 Å². The van der Waals surface area contributed by atoms with Gasteiger partial charge in [0.2, 0.25) is 11.8 Å². The minimum atomic E-state index is -4.92. The van der Waals surface area contributed by atoms with E-state index in [-0.39, 0.29) is 102 Å². The monoisotopic (exact) mass is 1260 g/mol. The molecule has 2 aliphatic rings. The number of urea groups is 1. The van der Waals surface area contributed by atoms with Gasteiger partial charge in [-0.3, -0.25) is 14.4 Å². The van der Waals surface area contributed by atoms with Crippen molar-refractivity contribution in [3.05, 3.63) is 160 Å². The van der Waals surface area contributed by atoms with Gasteiger partial charge in [-0.2, -0.15) is 13.2 Å². The predicted molar refractivity (Wildman–Crippen MR) is 332 cm³/mol. The number of alkyl halides is 3. The third kappa shape index (κ3) is 18.7. The molecule has 0 unspecified atom stereocenters. The maximum Gasteiger partial charge on any atom is 0.416 e. The van der Waals surface area contributed by atoms with Crippen molar-refractivity contribution in [3.8, 4) is 5.75 Å². The molecule has 0 bridgehead atoms. The van der Waals surface area contributed by atoms with Crippen LogP contribution in [0.4, 0.5) is 56.5 Å². The minimum Gasteiger partial charge on any atom is -0.488 e. The van der Waals surface area contributed by atoms with E-state index in [2.05, 4.69) is 43.4 Å². The Hall–Kier alpha value is -8.17. The molecule has 3 heterocycles. The molecule has 2 aliphatic heterocycles. The van der Waals surface area contributed by atoms with E-state index in [9.17, 15) is 32.3 Å². The normalized spacial score (nSPS) is 14.3.